The van der Waals surface area contributed by atoms with E-state index < -0.39 is 15.9 Å². The fraction of sp³-hybridized carbons (Fsp3) is 0.227. The summed E-state index contributed by atoms with van der Waals surface area (Å²) in [7, 11) is -0.861. The van der Waals surface area contributed by atoms with Gasteiger partial charge in [0, 0.05) is 35.3 Å². The van der Waals surface area contributed by atoms with Crippen molar-refractivity contribution in [3.8, 4) is 17.2 Å². The molecule has 0 bridgehead atoms. The van der Waals surface area contributed by atoms with Gasteiger partial charge in [0.05, 0.1) is 19.1 Å². The third-order valence-corrected chi connectivity index (χ3v) is 5.70. The number of sulfonamides is 1. The zero-order valence-corrected chi connectivity index (χ0v) is 19.4. The van der Waals surface area contributed by atoms with Crippen LogP contribution in [0.4, 0.5) is 11.6 Å². The van der Waals surface area contributed by atoms with Crippen LogP contribution in [0.1, 0.15) is 11.4 Å². The summed E-state index contributed by atoms with van der Waals surface area (Å²) in [5.41, 5.74) is 1.70. The number of amides is 1. The van der Waals surface area contributed by atoms with Gasteiger partial charge in [-0.15, -0.1) is 0 Å². The smallest absolute Gasteiger partial charge is 0.264 e. The predicted octanol–water partition coefficient (Wildman–Crippen LogP) is 2.93. The third kappa shape index (κ3) is 6.56. The second-order valence-corrected chi connectivity index (χ2v) is 8.67. The van der Waals surface area contributed by atoms with Gasteiger partial charge in [0.1, 0.15) is 17.2 Å². The van der Waals surface area contributed by atoms with Crippen molar-refractivity contribution in [2.45, 2.75) is 18.7 Å². The number of hydrogen-bond acceptors (Lipinski definition) is 8. The maximum absolute atomic E-state index is 12.6. The molecular weight excluding hydrogens is 448 g/mol. The summed E-state index contributed by atoms with van der Waals surface area (Å²) in [6.07, 6.45) is 0. The highest BCUT2D eigenvalue weighted by Crippen LogP contribution is 2.27. The number of rotatable bonds is 9. The molecule has 1 aromatic heterocycles. The summed E-state index contributed by atoms with van der Waals surface area (Å²) in [4.78, 5) is 20.4. The average Bonchev–Trinajstić information content (AvgIpc) is 2.76. The number of methoxy groups -OCH3 is 2. The van der Waals surface area contributed by atoms with E-state index in [9.17, 15) is 13.2 Å². The van der Waals surface area contributed by atoms with Crippen LogP contribution in [0.25, 0.3) is 0 Å². The van der Waals surface area contributed by atoms with E-state index in [0.29, 0.717) is 34.3 Å². The van der Waals surface area contributed by atoms with E-state index in [1.807, 2.05) is 0 Å². The maximum Gasteiger partial charge on any atom is 0.264 e. The summed E-state index contributed by atoms with van der Waals surface area (Å²) in [6.45, 7) is 3.24. The van der Waals surface area contributed by atoms with Gasteiger partial charge in [0.25, 0.3) is 15.9 Å². The number of nitrogens with zero attached hydrogens (tertiary/aromatic N) is 2. The Kier molecular flexibility index (Phi) is 7.34. The van der Waals surface area contributed by atoms with Crippen molar-refractivity contribution < 1.29 is 27.4 Å². The molecule has 1 heterocycles. The van der Waals surface area contributed by atoms with E-state index >= 15 is 0 Å². The Balaban J connectivity index is 1.61. The van der Waals surface area contributed by atoms with Crippen molar-refractivity contribution in [1.82, 2.24) is 9.97 Å². The highest BCUT2D eigenvalue weighted by atomic mass is 32.2. The Hall–Kier alpha value is -3.86. The van der Waals surface area contributed by atoms with Gasteiger partial charge in [-0.25, -0.2) is 23.1 Å². The lowest BCUT2D eigenvalue weighted by molar-refractivity contribution is -0.118. The Morgan fingerprint density at radius 3 is 1.97 bits per heavy atom. The highest BCUT2D eigenvalue weighted by molar-refractivity contribution is 7.92. The number of ether oxygens (including phenoxy) is 3. The van der Waals surface area contributed by atoms with Gasteiger partial charge >= 0.3 is 0 Å². The molecule has 11 heteroatoms. The third-order valence-electron chi connectivity index (χ3n) is 4.35. The summed E-state index contributed by atoms with van der Waals surface area (Å²) >= 11 is 0. The molecule has 174 valence electrons. The standard InChI is InChI=1S/C22H24N4O6S/c1-14-9-15(2)24-22(23-14)26-33(28,29)20-7-5-16(6-8-20)25-21(27)13-32-19-11-17(30-3)10-18(12-19)31-4/h5-12H,13H2,1-4H3,(H,25,27)(H,23,24,26). The molecule has 2 N–H and O–H groups in total. The number of aryl methyl sites for hydroxylation is 2. The van der Waals surface area contributed by atoms with Crippen LogP contribution in [-0.2, 0) is 14.8 Å². The van der Waals surface area contributed by atoms with Crippen molar-refractivity contribution in [2.75, 3.05) is 30.9 Å². The van der Waals surface area contributed by atoms with Crippen LogP contribution >= 0.6 is 0 Å². The van der Waals surface area contributed by atoms with Crippen molar-refractivity contribution in [3.63, 3.8) is 0 Å². The topological polar surface area (TPSA) is 129 Å². The molecule has 0 spiro atoms. The molecule has 0 saturated heterocycles. The van der Waals surface area contributed by atoms with Crippen LogP contribution in [-0.4, -0.2) is 45.1 Å². The molecule has 1 amide bonds. The van der Waals surface area contributed by atoms with Crippen molar-refractivity contribution in [1.29, 1.82) is 0 Å². The van der Waals surface area contributed by atoms with E-state index in [1.54, 1.807) is 38.1 Å². The second-order valence-electron chi connectivity index (χ2n) is 6.99. The molecular formula is C22H24N4O6S. The first kappa shape index (κ1) is 23.8. The molecule has 0 saturated carbocycles. The molecule has 0 radical (unpaired) electrons. The van der Waals surface area contributed by atoms with Crippen LogP contribution in [0.2, 0.25) is 0 Å². The fourth-order valence-corrected chi connectivity index (χ4v) is 3.82. The SMILES string of the molecule is COc1cc(OC)cc(OCC(=O)Nc2ccc(S(=O)(=O)Nc3nc(C)cc(C)n3)cc2)c1. The van der Waals surface area contributed by atoms with Gasteiger partial charge in [0.2, 0.25) is 5.95 Å². The van der Waals surface area contributed by atoms with Crippen molar-refractivity contribution >= 4 is 27.6 Å². The molecule has 2 aromatic carbocycles. The number of carbonyl (C=O) groups excluding carboxylic acids is 1. The first-order chi connectivity index (χ1) is 15.7. The van der Waals surface area contributed by atoms with Gasteiger partial charge in [0.15, 0.2) is 6.61 Å². The number of carbonyl (C=O) groups is 1. The largest absolute Gasteiger partial charge is 0.496 e. The predicted molar refractivity (Wildman–Crippen MR) is 122 cm³/mol. The molecule has 0 unspecified atom stereocenters. The lowest BCUT2D eigenvalue weighted by Gasteiger charge is -2.11. The molecule has 10 nitrogen and oxygen atoms in total. The van der Waals surface area contributed by atoms with Gasteiger partial charge in [-0.3, -0.25) is 4.79 Å². The van der Waals surface area contributed by atoms with Crippen LogP contribution in [0.15, 0.2) is 53.4 Å². The Morgan fingerprint density at radius 2 is 1.42 bits per heavy atom. The van der Waals surface area contributed by atoms with E-state index in [2.05, 4.69) is 20.0 Å². The van der Waals surface area contributed by atoms with Crippen LogP contribution in [0.3, 0.4) is 0 Å². The van der Waals surface area contributed by atoms with E-state index in [0.717, 1.165) is 0 Å². The van der Waals surface area contributed by atoms with Gasteiger partial charge in [-0.2, -0.15) is 0 Å². The first-order valence-electron chi connectivity index (χ1n) is 9.79. The minimum atomic E-state index is -3.89. The second kappa shape index (κ2) is 10.2. The summed E-state index contributed by atoms with van der Waals surface area (Å²) in [5, 5.41) is 2.65. The normalized spacial score (nSPS) is 10.9. The number of hydrogen-bond donors (Lipinski definition) is 2. The lowest BCUT2D eigenvalue weighted by Crippen LogP contribution is -2.20. The molecule has 0 aliphatic rings. The van der Waals surface area contributed by atoms with Crippen molar-refractivity contribution in [3.05, 3.63) is 59.9 Å². The number of nitrogens with one attached hydrogen (secondary N) is 2. The highest BCUT2D eigenvalue weighted by Gasteiger charge is 2.16. The van der Waals surface area contributed by atoms with Gasteiger partial charge < -0.3 is 19.5 Å². The Bertz CT molecular complexity index is 1200. The Morgan fingerprint density at radius 1 is 0.879 bits per heavy atom. The number of anilines is 2. The maximum atomic E-state index is 12.6. The van der Waals surface area contributed by atoms with Crippen LogP contribution in [0, 0.1) is 13.8 Å². The Labute approximate surface area is 192 Å². The molecule has 0 atom stereocenters. The van der Waals surface area contributed by atoms with E-state index in [-0.39, 0.29) is 17.5 Å². The summed E-state index contributed by atoms with van der Waals surface area (Å²) < 4.78 is 43.4. The molecule has 3 rings (SSSR count). The van der Waals surface area contributed by atoms with Crippen molar-refractivity contribution in [2.24, 2.45) is 0 Å². The van der Waals surface area contributed by atoms with E-state index in [1.165, 1.54) is 38.5 Å². The number of benzene rings is 2. The zero-order valence-electron chi connectivity index (χ0n) is 18.6. The van der Waals surface area contributed by atoms with Crippen LogP contribution < -0.4 is 24.2 Å². The van der Waals surface area contributed by atoms with Gasteiger partial charge in [-0.05, 0) is 44.2 Å². The van der Waals surface area contributed by atoms with Gasteiger partial charge in [-0.1, -0.05) is 0 Å². The van der Waals surface area contributed by atoms with E-state index in [4.69, 9.17) is 14.2 Å². The zero-order chi connectivity index (χ0) is 24.0. The molecule has 33 heavy (non-hydrogen) atoms. The summed E-state index contributed by atoms with van der Waals surface area (Å²) in [6, 6.07) is 12.4. The number of aromatic nitrogens is 2. The lowest BCUT2D eigenvalue weighted by atomic mass is 10.3. The molecule has 0 aliphatic heterocycles. The minimum Gasteiger partial charge on any atom is -0.496 e. The first-order valence-corrected chi connectivity index (χ1v) is 11.3. The minimum absolute atomic E-state index is 0.00276. The molecule has 3 aromatic rings. The molecule has 0 fully saturated rings. The average molecular weight is 473 g/mol. The quantitative estimate of drug-likeness (QED) is 0.486. The monoisotopic (exact) mass is 472 g/mol. The summed E-state index contributed by atoms with van der Waals surface area (Å²) in [5.74, 6) is 1.04. The van der Waals surface area contributed by atoms with Crippen LogP contribution in [0.5, 0.6) is 17.2 Å². The fourth-order valence-electron chi connectivity index (χ4n) is 2.88. The molecule has 0 aliphatic carbocycles.